The maximum Gasteiger partial charge on any atom is 0.262 e. The molecule has 4 heteroatoms. The molecule has 0 bridgehead atoms. The number of unbranched alkanes of at least 4 members (excludes halogenated alkanes) is 30. The van der Waals surface area contributed by atoms with Gasteiger partial charge in [-0.2, -0.15) is 4.57 Å². The first-order valence-corrected chi connectivity index (χ1v) is 27.6. The standard InChI is InChI=1S/C57H89N2S2/c1-3-5-7-9-11-13-15-17-19-21-23-25-27-29-34-42-50-58-52-44-38-40-46-54(52)60-56(58)48-36-32-31-33-37-49-57-59(53-45-39-41-47-55(53)61-57)51-43-35-30-28-26-24-22-20-18-16-14-12-10-8-6-4-2/h31-33,36-41,44-49H,3-30,34-35,42-43,50-51H2,1-2H3/q+1. The maximum absolute atomic E-state index is 2.55. The highest BCUT2D eigenvalue weighted by atomic mass is 32.2. The molecule has 4 rings (SSSR count). The Hall–Kier alpha value is -2.56. The van der Waals surface area contributed by atoms with Crippen LogP contribution >= 0.6 is 23.1 Å². The highest BCUT2D eigenvalue weighted by Crippen LogP contribution is 2.45. The van der Waals surface area contributed by atoms with Crippen LogP contribution in [0.15, 0.2) is 94.9 Å². The molecule has 2 heterocycles. The Morgan fingerprint density at radius 2 is 0.902 bits per heavy atom. The second kappa shape index (κ2) is 34.9. The Kier molecular flexibility index (Phi) is 29.2. The van der Waals surface area contributed by atoms with Gasteiger partial charge in [-0.25, -0.2) is 0 Å². The lowest BCUT2D eigenvalue weighted by Crippen LogP contribution is -2.34. The molecule has 61 heavy (non-hydrogen) atoms. The van der Waals surface area contributed by atoms with Gasteiger partial charge in [-0.05, 0) is 37.1 Å². The molecule has 0 amide bonds. The van der Waals surface area contributed by atoms with E-state index in [2.05, 4.69) is 114 Å². The van der Waals surface area contributed by atoms with Crippen molar-refractivity contribution in [2.45, 2.75) is 231 Å². The van der Waals surface area contributed by atoms with Crippen LogP contribution in [0.3, 0.4) is 0 Å². The maximum atomic E-state index is 2.55. The fourth-order valence-electron chi connectivity index (χ4n) is 8.92. The molecule has 0 atom stereocenters. The van der Waals surface area contributed by atoms with E-state index in [1.54, 1.807) is 0 Å². The number of aryl methyl sites for hydroxylation is 1. The number of rotatable bonds is 38. The van der Waals surface area contributed by atoms with Crippen LogP contribution < -0.4 is 9.47 Å². The minimum atomic E-state index is 1.11. The zero-order valence-corrected chi connectivity index (χ0v) is 41.0. The average Bonchev–Trinajstić information content (AvgIpc) is 3.82. The number of thioether (sulfide) groups is 1. The van der Waals surface area contributed by atoms with E-state index in [1.807, 2.05) is 23.1 Å². The summed E-state index contributed by atoms with van der Waals surface area (Å²) in [6, 6.07) is 17.9. The van der Waals surface area contributed by atoms with E-state index < -0.39 is 0 Å². The highest BCUT2D eigenvalue weighted by Gasteiger charge is 2.23. The Balaban J connectivity index is 1.10. The molecular formula is C57H89N2S2+. The molecule has 0 saturated heterocycles. The average molecular weight is 866 g/mol. The molecule has 0 aliphatic carbocycles. The van der Waals surface area contributed by atoms with E-state index in [4.69, 9.17) is 0 Å². The van der Waals surface area contributed by atoms with Crippen molar-refractivity contribution >= 4 is 45.1 Å². The summed E-state index contributed by atoms with van der Waals surface area (Å²) in [7, 11) is 0. The summed E-state index contributed by atoms with van der Waals surface area (Å²) in [5.41, 5.74) is 2.76. The van der Waals surface area contributed by atoms with Gasteiger partial charge < -0.3 is 4.90 Å². The summed E-state index contributed by atoms with van der Waals surface area (Å²) in [6.07, 6.45) is 60.8. The molecule has 0 saturated carbocycles. The quantitative estimate of drug-likeness (QED) is 0.0322. The van der Waals surface area contributed by atoms with Gasteiger partial charge in [0.05, 0.1) is 10.7 Å². The lowest BCUT2D eigenvalue weighted by atomic mass is 10.0. The number of allylic oxidation sites excluding steroid dienone is 6. The number of anilines is 1. The van der Waals surface area contributed by atoms with E-state index in [0.29, 0.717) is 0 Å². The van der Waals surface area contributed by atoms with Crippen LogP contribution in [-0.2, 0) is 6.54 Å². The Labute approximate surface area is 384 Å². The van der Waals surface area contributed by atoms with E-state index in [1.165, 1.54) is 236 Å². The van der Waals surface area contributed by atoms with E-state index >= 15 is 0 Å². The second-order valence-electron chi connectivity index (χ2n) is 18.0. The number of aromatic nitrogens is 1. The van der Waals surface area contributed by atoms with Crippen molar-refractivity contribution < 1.29 is 4.57 Å². The molecule has 2 aromatic carbocycles. The van der Waals surface area contributed by atoms with E-state index in [0.717, 1.165) is 13.1 Å². The fraction of sp³-hybridized carbons (Fsp3) is 0.632. The van der Waals surface area contributed by atoms with Crippen LogP contribution in [0.2, 0.25) is 0 Å². The minimum Gasteiger partial charge on any atom is -0.335 e. The molecule has 0 N–H and O–H groups in total. The summed E-state index contributed by atoms with van der Waals surface area (Å²) in [5, 5.41) is 2.70. The van der Waals surface area contributed by atoms with Gasteiger partial charge in [-0.15, -0.1) is 0 Å². The molecule has 0 unspecified atom stereocenters. The molecule has 2 nitrogen and oxygen atoms in total. The van der Waals surface area contributed by atoms with Gasteiger partial charge in [-0.1, -0.05) is 278 Å². The smallest absolute Gasteiger partial charge is 0.262 e. The Morgan fingerprint density at radius 1 is 0.459 bits per heavy atom. The lowest BCUT2D eigenvalue weighted by molar-refractivity contribution is -0.669. The lowest BCUT2D eigenvalue weighted by Gasteiger charge is -2.20. The number of hydrogen-bond acceptors (Lipinski definition) is 3. The summed E-state index contributed by atoms with van der Waals surface area (Å²) in [4.78, 5) is 3.94. The van der Waals surface area contributed by atoms with Gasteiger partial charge in [-0.3, -0.25) is 0 Å². The molecular weight excluding hydrogens is 777 g/mol. The third-order valence-electron chi connectivity index (χ3n) is 12.7. The largest absolute Gasteiger partial charge is 0.335 e. The number of para-hydroxylation sites is 2. The van der Waals surface area contributed by atoms with Gasteiger partial charge in [0, 0.05) is 30.0 Å². The van der Waals surface area contributed by atoms with Crippen molar-refractivity contribution in [3.63, 3.8) is 0 Å². The predicted octanol–water partition coefficient (Wildman–Crippen LogP) is 19.3. The highest BCUT2D eigenvalue weighted by molar-refractivity contribution is 8.03. The first kappa shape index (κ1) is 51.1. The van der Waals surface area contributed by atoms with E-state index in [9.17, 15) is 0 Å². The van der Waals surface area contributed by atoms with Gasteiger partial charge in [0.15, 0.2) is 6.54 Å². The summed E-state index contributed by atoms with van der Waals surface area (Å²) in [6.45, 7) is 6.82. The molecule has 1 aliphatic rings. The zero-order valence-electron chi connectivity index (χ0n) is 39.4. The second-order valence-corrected chi connectivity index (χ2v) is 20.1. The van der Waals surface area contributed by atoms with Crippen LogP contribution in [0, 0.1) is 0 Å². The van der Waals surface area contributed by atoms with E-state index in [-0.39, 0.29) is 0 Å². The summed E-state index contributed by atoms with van der Waals surface area (Å²) in [5.74, 6) is 0. The zero-order chi connectivity index (χ0) is 42.7. The number of hydrogen-bond donors (Lipinski definition) is 0. The summed E-state index contributed by atoms with van der Waals surface area (Å²) >= 11 is 3.83. The molecule has 0 spiro atoms. The minimum absolute atomic E-state index is 1.11. The first-order valence-electron chi connectivity index (χ1n) is 26.0. The van der Waals surface area contributed by atoms with Crippen molar-refractivity contribution in [3.8, 4) is 0 Å². The van der Waals surface area contributed by atoms with Crippen LogP contribution in [0.1, 0.15) is 224 Å². The topological polar surface area (TPSA) is 7.12 Å². The van der Waals surface area contributed by atoms with Crippen molar-refractivity contribution in [2.75, 3.05) is 11.4 Å². The SMILES string of the molecule is CCCCCCCCCCCCCCCCCCN1/C(=C/C=C/C=C/C=C/c2sc3ccccc3[n+]2CCCCCCCCCCCCCCCCCC)Sc2ccccc21. The van der Waals surface area contributed by atoms with Crippen LogP contribution in [0.4, 0.5) is 5.69 Å². The predicted molar refractivity (Wildman–Crippen MR) is 276 cm³/mol. The van der Waals surface area contributed by atoms with Crippen molar-refractivity contribution in [2.24, 2.45) is 0 Å². The van der Waals surface area contributed by atoms with Crippen LogP contribution in [-0.4, -0.2) is 6.54 Å². The fourth-order valence-corrected chi connectivity index (χ4v) is 11.1. The molecule has 1 aromatic heterocycles. The summed E-state index contributed by atoms with van der Waals surface area (Å²) < 4.78 is 3.94. The van der Waals surface area contributed by atoms with Crippen LogP contribution in [0.25, 0.3) is 16.3 Å². The molecule has 3 aromatic rings. The van der Waals surface area contributed by atoms with Crippen molar-refractivity contribution in [1.82, 2.24) is 0 Å². The number of fused-ring (bicyclic) bond motifs is 2. The molecule has 1 aliphatic heterocycles. The Morgan fingerprint density at radius 3 is 1.46 bits per heavy atom. The number of benzene rings is 2. The Bertz CT molecular complexity index is 1650. The number of nitrogens with zero attached hydrogens (tertiary/aromatic N) is 2. The molecule has 0 fully saturated rings. The third-order valence-corrected chi connectivity index (χ3v) is 14.9. The van der Waals surface area contributed by atoms with Crippen molar-refractivity contribution in [3.05, 3.63) is 95.0 Å². The monoisotopic (exact) mass is 866 g/mol. The van der Waals surface area contributed by atoms with Gasteiger partial charge in [0.2, 0.25) is 5.52 Å². The first-order chi connectivity index (χ1) is 30.3. The van der Waals surface area contributed by atoms with Gasteiger partial charge in [0.25, 0.3) is 5.01 Å². The van der Waals surface area contributed by atoms with Gasteiger partial charge >= 0.3 is 0 Å². The van der Waals surface area contributed by atoms with Gasteiger partial charge in [0.1, 0.15) is 4.70 Å². The molecule has 338 valence electrons. The normalized spacial score (nSPS) is 13.7. The molecule has 0 radical (unpaired) electrons. The number of thiazole rings is 1. The van der Waals surface area contributed by atoms with Crippen molar-refractivity contribution in [1.29, 1.82) is 0 Å². The van der Waals surface area contributed by atoms with Crippen LogP contribution in [0.5, 0.6) is 0 Å². The third kappa shape index (κ3) is 22.1.